The minimum absolute atomic E-state index is 1.12. The van der Waals surface area contributed by atoms with Crippen molar-refractivity contribution in [2.45, 2.75) is 19.8 Å². The van der Waals surface area contributed by atoms with Gasteiger partial charge in [-0.2, -0.15) is 0 Å². The molecule has 0 saturated carbocycles. The number of allylic oxidation sites excluding steroid dienone is 2. The van der Waals surface area contributed by atoms with Crippen LogP contribution >= 0.6 is 15.9 Å². The van der Waals surface area contributed by atoms with Crippen LogP contribution < -0.4 is 0 Å². The molecule has 0 saturated heterocycles. The minimum Gasteiger partial charge on any atom is -0.0928 e. The Balaban J connectivity index is 2.69. The summed E-state index contributed by atoms with van der Waals surface area (Å²) in [4.78, 5) is 0. The maximum Gasteiger partial charge on any atom is 0.00342 e. The average Bonchev–Trinajstić information content (AvgIpc) is 1.69. The van der Waals surface area contributed by atoms with Gasteiger partial charge in [-0.05, 0) is 19.8 Å². The summed E-state index contributed by atoms with van der Waals surface area (Å²) >= 11 is 3.35. The van der Waals surface area contributed by atoms with E-state index < -0.39 is 0 Å². The third kappa shape index (κ3) is 6.22. The van der Waals surface area contributed by atoms with Crippen molar-refractivity contribution in [2.75, 3.05) is 5.33 Å². The number of hydrogen-bond donors (Lipinski definition) is 0. The predicted molar refractivity (Wildman–Crippen MR) is 37.8 cm³/mol. The van der Waals surface area contributed by atoms with Crippen molar-refractivity contribution in [3.63, 3.8) is 0 Å². The van der Waals surface area contributed by atoms with Gasteiger partial charge in [0.15, 0.2) is 0 Å². The fraction of sp³-hybridized carbons (Fsp3) is 0.667. The van der Waals surface area contributed by atoms with Crippen molar-refractivity contribution in [1.29, 1.82) is 0 Å². The van der Waals surface area contributed by atoms with Crippen LogP contribution in [0.2, 0.25) is 0 Å². The summed E-state index contributed by atoms with van der Waals surface area (Å²) in [7, 11) is 0. The van der Waals surface area contributed by atoms with Gasteiger partial charge in [0.25, 0.3) is 0 Å². The maximum atomic E-state index is 3.35. The lowest BCUT2D eigenvalue weighted by molar-refractivity contribution is 0.977. The molecule has 0 N–H and O–H groups in total. The summed E-state index contributed by atoms with van der Waals surface area (Å²) in [6, 6.07) is 0. The van der Waals surface area contributed by atoms with Gasteiger partial charge in [0.1, 0.15) is 0 Å². The molecule has 0 atom stereocenters. The zero-order valence-corrected chi connectivity index (χ0v) is 6.24. The molecule has 0 nitrogen and oxygen atoms in total. The number of alkyl halides is 1. The Labute approximate surface area is 53.7 Å². The highest BCUT2D eigenvalue weighted by Gasteiger charge is 1.74. The zero-order chi connectivity index (χ0) is 5.54. The molecule has 0 radical (unpaired) electrons. The first-order chi connectivity index (χ1) is 3.41. The van der Waals surface area contributed by atoms with Gasteiger partial charge in [-0.3, -0.25) is 0 Å². The van der Waals surface area contributed by atoms with Crippen LogP contribution in [0.25, 0.3) is 0 Å². The summed E-state index contributed by atoms with van der Waals surface area (Å²) < 4.78 is 0. The van der Waals surface area contributed by atoms with Gasteiger partial charge in [-0.15, -0.1) is 0 Å². The standard InChI is InChI=1S/C6H11Br/c1-2-3-4-5-6-7/h2-3H,4-6H2,1H3/b3-2-. The van der Waals surface area contributed by atoms with Gasteiger partial charge < -0.3 is 0 Å². The summed E-state index contributed by atoms with van der Waals surface area (Å²) in [6.07, 6.45) is 6.73. The Kier molecular flexibility index (Phi) is 6.42. The molecule has 0 aliphatic rings. The lowest BCUT2D eigenvalue weighted by Crippen LogP contribution is -1.67. The highest BCUT2D eigenvalue weighted by Crippen LogP contribution is 1.93. The molecule has 0 aromatic carbocycles. The Hall–Kier alpha value is 0.220. The maximum absolute atomic E-state index is 3.35. The molecule has 0 aromatic heterocycles. The van der Waals surface area contributed by atoms with Crippen molar-refractivity contribution in [2.24, 2.45) is 0 Å². The molecule has 0 aliphatic carbocycles. The monoisotopic (exact) mass is 162 g/mol. The Bertz CT molecular complexity index is 48.1. The molecule has 0 aromatic rings. The average molecular weight is 163 g/mol. The molecule has 42 valence electrons. The van der Waals surface area contributed by atoms with Crippen molar-refractivity contribution >= 4 is 15.9 Å². The molecular formula is C6H11Br. The van der Waals surface area contributed by atoms with Crippen LogP contribution in [0, 0.1) is 0 Å². The van der Waals surface area contributed by atoms with E-state index in [1.807, 2.05) is 6.92 Å². The molecule has 0 rings (SSSR count). The number of hydrogen-bond acceptors (Lipinski definition) is 0. The number of unbranched alkanes of at least 4 members (excludes halogenated alkanes) is 1. The molecule has 7 heavy (non-hydrogen) atoms. The first-order valence-electron chi connectivity index (χ1n) is 2.59. The highest BCUT2D eigenvalue weighted by molar-refractivity contribution is 9.09. The molecule has 0 unspecified atom stereocenters. The van der Waals surface area contributed by atoms with Crippen LogP contribution in [0.3, 0.4) is 0 Å². The van der Waals surface area contributed by atoms with E-state index in [1.54, 1.807) is 0 Å². The lowest BCUT2D eigenvalue weighted by Gasteiger charge is -1.82. The van der Waals surface area contributed by atoms with E-state index in [9.17, 15) is 0 Å². The molecule has 0 bridgehead atoms. The van der Waals surface area contributed by atoms with Crippen molar-refractivity contribution in [3.8, 4) is 0 Å². The van der Waals surface area contributed by atoms with E-state index in [0.29, 0.717) is 0 Å². The van der Waals surface area contributed by atoms with Crippen molar-refractivity contribution < 1.29 is 0 Å². The summed E-state index contributed by atoms with van der Waals surface area (Å²) in [5, 5.41) is 1.12. The van der Waals surface area contributed by atoms with Crippen LogP contribution in [0.1, 0.15) is 19.8 Å². The first kappa shape index (κ1) is 7.22. The Morgan fingerprint density at radius 3 is 2.71 bits per heavy atom. The molecule has 0 aliphatic heterocycles. The van der Waals surface area contributed by atoms with Crippen LogP contribution in [0.4, 0.5) is 0 Å². The van der Waals surface area contributed by atoms with E-state index in [2.05, 4.69) is 28.1 Å². The summed E-state index contributed by atoms with van der Waals surface area (Å²) in [5.41, 5.74) is 0. The number of rotatable bonds is 3. The fourth-order valence-corrected chi connectivity index (χ4v) is 0.685. The van der Waals surface area contributed by atoms with Gasteiger partial charge in [0, 0.05) is 5.33 Å². The molecular weight excluding hydrogens is 152 g/mol. The highest BCUT2D eigenvalue weighted by atomic mass is 79.9. The van der Waals surface area contributed by atoms with Gasteiger partial charge >= 0.3 is 0 Å². The van der Waals surface area contributed by atoms with E-state index >= 15 is 0 Å². The first-order valence-corrected chi connectivity index (χ1v) is 3.71. The smallest absolute Gasteiger partial charge is 0.00342 e. The topological polar surface area (TPSA) is 0 Å². The summed E-state index contributed by atoms with van der Waals surface area (Å²) in [6.45, 7) is 2.05. The second-order valence-corrected chi connectivity index (χ2v) is 2.19. The second kappa shape index (κ2) is 6.22. The second-order valence-electron chi connectivity index (χ2n) is 1.40. The van der Waals surface area contributed by atoms with Gasteiger partial charge in [-0.1, -0.05) is 28.1 Å². The molecule has 0 spiro atoms. The van der Waals surface area contributed by atoms with Crippen LogP contribution in [-0.2, 0) is 0 Å². The van der Waals surface area contributed by atoms with Gasteiger partial charge in [0.2, 0.25) is 0 Å². The van der Waals surface area contributed by atoms with Gasteiger partial charge in [-0.25, -0.2) is 0 Å². The fourth-order valence-electron chi connectivity index (χ4n) is 0.362. The SMILES string of the molecule is C/C=C\CCCBr. The van der Waals surface area contributed by atoms with E-state index in [1.165, 1.54) is 12.8 Å². The van der Waals surface area contributed by atoms with E-state index in [-0.39, 0.29) is 0 Å². The van der Waals surface area contributed by atoms with Crippen LogP contribution in [0.15, 0.2) is 12.2 Å². The lowest BCUT2D eigenvalue weighted by atomic mass is 10.3. The largest absolute Gasteiger partial charge is 0.0928 e. The molecule has 0 fully saturated rings. The normalized spacial score (nSPS) is 10.6. The Morgan fingerprint density at radius 1 is 1.57 bits per heavy atom. The zero-order valence-electron chi connectivity index (χ0n) is 4.65. The molecule has 0 amide bonds. The quantitative estimate of drug-likeness (QED) is 0.341. The molecule has 1 heteroatoms. The third-order valence-electron chi connectivity index (χ3n) is 0.740. The van der Waals surface area contributed by atoms with Crippen molar-refractivity contribution in [1.82, 2.24) is 0 Å². The van der Waals surface area contributed by atoms with E-state index in [4.69, 9.17) is 0 Å². The summed E-state index contributed by atoms with van der Waals surface area (Å²) in [5.74, 6) is 0. The Morgan fingerprint density at radius 2 is 2.29 bits per heavy atom. The van der Waals surface area contributed by atoms with Crippen molar-refractivity contribution in [3.05, 3.63) is 12.2 Å². The molecule has 0 heterocycles. The predicted octanol–water partition coefficient (Wildman–Crippen LogP) is 2.74. The van der Waals surface area contributed by atoms with Crippen LogP contribution in [-0.4, -0.2) is 5.33 Å². The van der Waals surface area contributed by atoms with Gasteiger partial charge in [0.05, 0.1) is 0 Å². The minimum atomic E-state index is 1.12. The third-order valence-corrected chi connectivity index (χ3v) is 1.30. The number of halogens is 1. The van der Waals surface area contributed by atoms with E-state index in [0.717, 1.165) is 5.33 Å². The van der Waals surface area contributed by atoms with Crippen LogP contribution in [0.5, 0.6) is 0 Å².